The topological polar surface area (TPSA) is 74.3 Å². The van der Waals surface area contributed by atoms with Crippen molar-refractivity contribution in [2.24, 2.45) is 4.99 Å². The number of fused-ring (bicyclic) bond motifs is 1. The highest BCUT2D eigenvalue weighted by Crippen LogP contribution is 2.25. The van der Waals surface area contributed by atoms with Gasteiger partial charge in [0, 0.05) is 16.8 Å². The van der Waals surface area contributed by atoms with E-state index in [-0.39, 0.29) is 5.82 Å². The van der Waals surface area contributed by atoms with Crippen LogP contribution in [-0.2, 0) is 0 Å². The third-order valence-electron chi connectivity index (χ3n) is 4.50. The number of hydrogen-bond acceptors (Lipinski definition) is 4. The zero-order chi connectivity index (χ0) is 22.5. The van der Waals surface area contributed by atoms with Gasteiger partial charge in [-0.05, 0) is 79.8 Å². The smallest absolute Gasteiger partial charge is 0.172 e. The molecule has 32 heavy (non-hydrogen) atoms. The molecule has 0 aliphatic rings. The average Bonchev–Trinajstić information content (AvgIpc) is 3.20. The molecule has 3 aromatic carbocycles. The maximum atomic E-state index is 13.1. The number of aromatic nitrogens is 2. The van der Waals surface area contributed by atoms with Gasteiger partial charge < -0.3 is 20.4 Å². The van der Waals surface area contributed by atoms with Crippen molar-refractivity contribution in [3.63, 3.8) is 0 Å². The number of thiocarbonyl (C=S) groups is 1. The largest absolute Gasteiger partial charge is 0.457 e. The summed E-state index contributed by atoms with van der Waals surface area (Å²) in [5.74, 6) is 1.51. The molecular weight excluding hydrogens is 449 g/mol. The molecule has 0 atom stereocenters. The van der Waals surface area contributed by atoms with Gasteiger partial charge >= 0.3 is 0 Å². The highest BCUT2D eigenvalue weighted by Gasteiger charge is 2.08. The number of aromatic amines is 1. The number of nitrogens with one attached hydrogen (secondary N) is 3. The molecule has 9 heteroatoms. The van der Waals surface area contributed by atoms with E-state index >= 15 is 0 Å². The summed E-state index contributed by atoms with van der Waals surface area (Å²) in [6.07, 6.45) is 0. The van der Waals surface area contributed by atoms with Gasteiger partial charge in [-0.15, -0.1) is 0 Å². The van der Waals surface area contributed by atoms with Crippen molar-refractivity contribution in [1.82, 2.24) is 15.3 Å². The predicted molar refractivity (Wildman–Crippen MR) is 130 cm³/mol. The number of anilines is 1. The van der Waals surface area contributed by atoms with Crippen LogP contribution >= 0.6 is 23.8 Å². The molecule has 0 aliphatic carbocycles. The minimum atomic E-state index is -0.309. The fourth-order valence-electron chi connectivity index (χ4n) is 2.88. The van der Waals surface area contributed by atoms with Gasteiger partial charge in [0.1, 0.15) is 24.0 Å². The number of hydrogen-bond donors (Lipinski definition) is 3. The lowest BCUT2D eigenvalue weighted by Gasteiger charge is -2.09. The second-order valence-electron chi connectivity index (χ2n) is 6.86. The van der Waals surface area contributed by atoms with Crippen LogP contribution in [0.25, 0.3) is 11.0 Å². The molecule has 0 saturated carbocycles. The highest BCUT2D eigenvalue weighted by atomic mass is 35.5. The quantitative estimate of drug-likeness (QED) is 0.243. The number of aliphatic imine (C=N–C) groups is 1. The van der Waals surface area contributed by atoms with Crippen LogP contribution in [-0.4, -0.2) is 27.5 Å². The third kappa shape index (κ3) is 5.60. The van der Waals surface area contributed by atoms with Gasteiger partial charge in [0.15, 0.2) is 10.9 Å². The van der Waals surface area contributed by atoms with Crippen molar-refractivity contribution >= 4 is 51.4 Å². The van der Waals surface area contributed by atoms with Gasteiger partial charge in [-0.3, -0.25) is 4.99 Å². The molecule has 0 unspecified atom stereocenters. The predicted octanol–water partition coefficient (Wildman–Crippen LogP) is 5.90. The third-order valence-corrected chi connectivity index (χ3v) is 5.00. The number of benzene rings is 3. The van der Waals surface area contributed by atoms with E-state index < -0.39 is 0 Å². The molecule has 1 heterocycles. The van der Waals surface area contributed by atoms with Gasteiger partial charge in [0.25, 0.3) is 0 Å². The summed E-state index contributed by atoms with van der Waals surface area (Å²) < 4.78 is 18.8. The number of halogens is 2. The first-order valence-electron chi connectivity index (χ1n) is 9.71. The Hall–Kier alpha value is -3.49. The van der Waals surface area contributed by atoms with E-state index in [0.29, 0.717) is 34.1 Å². The fraction of sp³-hybridized carbons (Fsp3) is 0.0870. The van der Waals surface area contributed by atoms with Gasteiger partial charge in [-0.25, -0.2) is 9.37 Å². The van der Waals surface area contributed by atoms with Crippen LogP contribution < -0.4 is 15.4 Å². The Morgan fingerprint density at radius 2 is 1.81 bits per heavy atom. The molecular formula is C23H19ClFN5OS. The molecule has 6 nitrogen and oxygen atoms in total. The number of H-pyrrole nitrogens is 1. The standard InChI is InChI=1S/C23H19ClFN5OS/c1-14(26-13-27-23(32)28-17-6-2-15(24)3-7-17)22-29-20-11-10-19(12-21(20)30-22)31-18-8-4-16(25)5-9-18/h2-12H,13H2,1H3,(H,29,30)(H2,27,28,32). The Morgan fingerprint density at radius 3 is 2.56 bits per heavy atom. The van der Waals surface area contributed by atoms with E-state index in [1.54, 1.807) is 24.3 Å². The lowest BCUT2D eigenvalue weighted by Crippen LogP contribution is -2.28. The molecule has 0 radical (unpaired) electrons. The van der Waals surface area contributed by atoms with Crippen LogP contribution in [0.3, 0.4) is 0 Å². The Kier molecular flexibility index (Phi) is 6.63. The number of ether oxygens (including phenoxy) is 1. The fourth-order valence-corrected chi connectivity index (χ4v) is 3.18. The minimum absolute atomic E-state index is 0.293. The maximum absolute atomic E-state index is 13.1. The van der Waals surface area contributed by atoms with Gasteiger partial charge in [0.2, 0.25) is 0 Å². The molecule has 1 aromatic heterocycles. The van der Waals surface area contributed by atoms with Crippen LogP contribution in [0.5, 0.6) is 11.5 Å². The van der Waals surface area contributed by atoms with Crippen LogP contribution in [0.2, 0.25) is 5.02 Å². The minimum Gasteiger partial charge on any atom is -0.457 e. The summed E-state index contributed by atoms with van der Waals surface area (Å²) in [7, 11) is 0. The van der Waals surface area contributed by atoms with E-state index in [2.05, 4.69) is 25.6 Å². The van der Waals surface area contributed by atoms with Crippen LogP contribution in [0, 0.1) is 5.82 Å². The summed E-state index contributed by atoms with van der Waals surface area (Å²) in [5.41, 5.74) is 3.16. The molecule has 4 rings (SSSR count). The number of nitrogens with zero attached hydrogens (tertiary/aromatic N) is 2. The molecule has 0 aliphatic heterocycles. The number of imidazole rings is 1. The highest BCUT2D eigenvalue weighted by molar-refractivity contribution is 7.80. The van der Waals surface area contributed by atoms with Crippen molar-refractivity contribution in [3.05, 3.63) is 83.4 Å². The number of rotatable bonds is 6. The molecule has 4 aromatic rings. The molecule has 162 valence electrons. The summed E-state index contributed by atoms with van der Waals surface area (Å²) in [6, 6.07) is 18.6. The van der Waals surface area contributed by atoms with E-state index in [4.69, 9.17) is 28.6 Å². The van der Waals surface area contributed by atoms with E-state index in [9.17, 15) is 4.39 Å². The van der Waals surface area contributed by atoms with E-state index in [0.717, 1.165) is 22.4 Å². The maximum Gasteiger partial charge on any atom is 0.172 e. The monoisotopic (exact) mass is 467 g/mol. The molecule has 0 saturated heterocycles. The second kappa shape index (κ2) is 9.76. The molecule has 0 fully saturated rings. The average molecular weight is 468 g/mol. The summed E-state index contributed by atoms with van der Waals surface area (Å²) in [5, 5.41) is 7.22. The van der Waals surface area contributed by atoms with Gasteiger partial charge in [0.05, 0.1) is 16.7 Å². The zero-order valence-corrected chi connectivity index (χ0v) is 18.6. The van der Waals surface area contributed by atoms with E-state index in [1.807, 2.05) is 37.3 Å². The molecule has 3 N–H and O–H groups in total. The van der Waals surface area contributed by atoms with Gasteiger partial charge in [-0.2, -0.15) is 0 Å². The Bertz CT molecular complexity index is 1270. The summed E-state index contributed by atoms with van der Waals surface area (Å²) >= 11 is 11.2. The van der Waals surface area contributed by atoms with Crippen molar-refractivity contribution in [1.29, 1.82) is 0 Å². The van der Waals surface area contributed by atoms with Crippen molar-refractivity contribution in [3.8, 4) is 11.5 Å². The first-order valence-corrected chi connectivity index (χ1v) is 10.5. The summed E-state index contributed by atoms with van der Waals surface area (Å²) in [6.45, 7) is 2.16. The Morgan fingerprint density at radius 1 is 1.09 bits per heavy atom. The Balaban J connectivity index is 1.37. The molecule has 0 amide bonds. The normalized spacial score (nSPS) is 11.4. The van der Waals surface area contributed by atoms with Crippen molar-refractivity contribution in [2.45, 2.75) is 6.92 Å². The zero-order valence-electron chi connectivity index (χ0n) is 17.0. The van der Waals surface area contributed by atoms with Gasteiger partial charge in [-0.1, -0.05) is 11.6 Å². The van der Waals surface area contributed by atoms with Crippen LogP contribution in [0.15, 0.2) is 71.7 Å². The van der Waals surface area contributed by atoms with Crippen LogP contribution in [0.1, 0.15) is 12.7 Å². The summed E-state index contributed by atoms with van der Waals surface area (Å²) in [4.78, 5) is 12.3. The second-order valence-corrected chi connectivity index (χ2v) is 7.70. The first kappa shape index (κ1) is 21.7. The van der Waals surface area contributed by atoms with Crippen molar-refractivity contribution < 1.29 is 9.13 Å². The Labute approximate surface area is 194 Å². The molecule has 0 bridgehead atoms. The lowest BCUT2D eigenvalue weighted by atomic mass is 10.3. The first-order chi connectivity index (χ1) is 15.5. The van der Waals surface area contributed by atoms with Crippen molar-refractivity contribution in [2.75, 3.05) is 12.0 Å². The van der Waals surface area contributed by atoms with Crippen LogP contribution in [0.4, 0.5) is 10.1 Å². The SMILES string of the molecule is CC(=NCNC(=S)Nc1ccc(Cl)cc1)c1nc2ccc(Oc3ccc(F)cc3)cc2[nH]1. The van der Waals surface area contributed by atoms with E-state index in [1.165, 1.54) is 12.1 Å². The lowest BCUT2D eigenvalue weighted by molar-refractivity contribution is 0.481. The molecule has 0 spiro atoms.